The zero-order valence-electron chi connectivity index (χ0n) is 10.2. The molecule has 0 saturated carbocycles. The van der Waals surface area contributed by atoms with Crippen molar-refractivity contribution in [3.05, 3.63) is 53.7 Å². The van der Waals surface area contributed by atoms with Crippen LogP contribution < -0.4 is 9.47 Å². The second-order valence-electron chi connectivity index (χ2n) is 3.73. The van der Waals surface area contributed by atoms with Gasteiger partial charge in [-0.2, -0.15) is 0 Å². The summed E-state index contributed by atoms with van der Waals surface area (Å²) in [4.78, 5) is 4.10. The van der Waals surface area contributed by atoms with Gasteiger partial charge in [-0.1, -0.05) is 18.2 Å². The van der Waals surface area contributed by atoms with Crippen LogP contribution in [0.4, 0.5) is 0 Å². The molecule has 1 heterocycles. The number of aliphatic hydroxyl groups excluding tert-OH is 1. The number of rotatable bonds is 5. The van der Waals surface area contributed by atoms with E-state index in [0.717, 1.165) is 11.1 Å². The minimum Gasteiger partial charge on any atom is -0.488 e. The molecule has 1 N–H and O–H groups in total. The molecule has 1 aromatic carbocycles. The van der Waals surface area contributed by atoms with Gasteiger partial charge in [0.05, 0.1) is 19.3 Å². The average molecular weight is 245 g/mol. The van der Waals surface area contributed by atoms with Crippen molar-refractivity contribution >= 4 is 0 Å². The Morgan fingerprint density at radius 1 is 1.11 bits per heavy atom. The van der Waals surface area contributed by atoms with Gasteiger partial charge < -0.3 is 14.6 Å². The van der Waals surface area contributed by atoms with E-state index in [4.69, 9.17) is 9.47 Å². The highest BCUT2D eigenvalue weighted by Crippen LogP contribution is 2.21. The van der Waals surface area contributed by atoms with Crippen LogP contribution in [0, 0.1) is 0 Å². The molecule has 2 rings (SSSR count). The first kappa shape index (κ1) is 12.4. The Morgan fingerprint density at radius 2 is 1.89 bits per heavy atom. The van der Waals surface area contributed by atoms with E-state index in [2.05, 4.69) is 4.98 Å². The number of hydrogen-bond acceptors (Lipinski definition) is 4. The Kier molecular flexibility index (Phi) is 4.15. The van der Waals surface area contributed by atoms with Gasteiger partial charge >= 0.3 is 0 Å². The molecular weight excluding hydrogens is 230 g/mol. The van der Waals surface area contributed by atoms with Crippen molar-refractivity contribution in [2.24, 2.45) is 0 Å². The minimum atomic E-state index is -0.0413. The highest BCUT2D eigenvalue weighted by molar-refractivity contribution is 5.33. The molecule has 0 aliphatic carbocycles. The SMILES string of the molecule is COc1ncccc1COc1ccccc1CO. The van der Waals surface area contributed by atoms with Crippen LogP contribution in [-0.2, 0) is 13.2 Å². The summed E-state index contributed by atoms with van der Waals surface area (Å²) in [7, 11) is 1.58. The van der Waals surface area contributed by atoms with Gasteiger partial charge in [-0.25, -0.2) is 4.98 Å². The van der Waals surface area contributed by atoms with E-state index in [0.29, 0.717) is 18.2 Å². The topological polar surface area (TPSA) is 51.6 Å². The van der Waals surface area contributed by atoms with Crippen LogP contribution in [0.2, 0.25) is 0 Å². The molecule has 1 aromatic heterocycles. The predicted molar refractivity (Wildman–Crippen MR) is 67.5 cm³/mol. The Morgan fingerprint density at radius 3 is 2.67 bits per heavy atom. The van der Waals surface area contributed by atoms with Gasteiger partial charge in [-0.3, -0.25) is 0 Å². The first-order valence-corrected chi connectivity index (χ1v) is 5.64. The lowest BCUT2D eigenvalue weighted by Crippen LogP contribution is -2.01. The second kappa shape index (κ2) is 6.02. The Hall–Kier alpha value is -2.07. The smallest absolute Gasteiger partial charge is 0.219 e. The lowest BCUT2D eigenvalue weighted by molar-refractivity contribution is 0.256. The number of aromatic nitrogens is 1. The molecule has 0 unspecified atom stereocenters. The largest absolute Gasteiger partial charge is 0.488 e. The van der Waals surface area contributed by atoms with Crippen molar-refractivity contribution in [2.45, 2.75) is 13.2 Å². The maximum Gasteiger partial charge on any atom is 0.219 e. The normalized spacial score (nSPS) is 10.1. The summed E-state index contributed by atoms with van der Waals surface area (Å²) in [6, 6.07) is 11.1. The van der Waals surface area contributed by atoms with Crippen molar-refractivity contribution in [1.29, 1.82) is 0 Å². The van der Waals surface area contributed by atoms with Crippen molar-refractivity contribution < 1.29 is 14.6 Å². The number of para-hydroxylation sites is 1. The Bertz CT molecular complexity index is 466. The van der Waals surface area contributed by atoms with Gasteiger partial charge in [0, 0.05) is 11.8 Å². The van der Waals surface area contributed by atoms with Gasteiger partial charge in [0.1, 0.15) is 12.4 Å². The fourth-order valence-corrected chi connectivity index (χ4v) is 1.65. The molecule has 0 aliphatic rings. The average Bonchev–Trinajstić information content (AvgIpc) is 2.45. The maximum atomic E-state index is 9.20. The predicted octanol–water partition coefficient (Wildman–Crippen LogP) is 2.16. The van der Waals surface area contributed by atoms with E-state index < -0.39 is 0 Å². The number of pyridine rings is 1. The molecule has 0 atom stereocenters. The first-order chi connectivity index (χ1) is 8.85. The molecule has 2 aromatic rings. The third-order valence-corrected chi connectivity index (χ3v) is 2.57. The highest BCUT2D eigenvalue weighted by atomic mass is 16.5. The monoisotopic (exact) mass is 245 g/mol. The van der Waals surface area contributed by atoms with Crippen LogP contribution in [0.3, 0.4) is 0 Å². The number of hydrogen-bond donors (Lipinski definition) is 1. The van der Waals surface area contributed by atoms with Gasteiger partial charge in [0.2, 0.25) is 5.88 Å². The van der Waals surface area contributed by atoms with Crippen molar-refractivity contribution in [2.75, 3.05) is 7.11 Å². The fraction of sp³-hybridized carbons (Fsp3) is 0.214. The lowest BCUT2D eigenvalue weighted by Gasteiger charge is -2.11. The van der Waals surface area contributed by atoms with Crippen LogP contribution in [0.25, 0.3) is 0 Å². The van der Waals surface area contributed by atoms with E-state index >= 15 is 0 Å². The van der Waals surface area contributed by atoms with Gasteiger partial charge in [0.15, 0.2) is 0 Å². The minimum absolute atomic E-state index is 0.0413. The van der Waals surface area contributed by atoms with E-state index in [1.165, 1.54) is 0 Å². The quantitative estimate of drug-likeness (QED) is 0.877. The van der Waals surface area contributed by atoms with Crippen LogP contribution >= 0.6 is 0 Å². The van der Waals surface area contributed by atoms with Gasteiger partial charge in [-0.05, 0) is 18.2 Å². The van der Waals surface area contributed by atoms with Crippen LogP contribution in [0.15, 0.2) is 42.6 Å². The summed E-state index contributed by atoms with van der Waals surface area (Å²) in [5.41, 5.74) is 1.63. The maximum absolute atomic E-state index is 9.20. The summed E-state index contributed by atoms with van der Waals surface area (Å²) < 4.78 is 10.8. The van der Waals surface area contributed by atoms with E-state index in [1.807, 2.05) is 36.4 Å². The molecule has 0 amide bonds. The summed E-state index contributed by atoms with van der Waals surface area (Å²) >= 11 is 0. The molecule has 0 radical (unpaired) electrons. The highest BCUT2D eigenvalue weighted by Gasteiger charge is 2.06. The number of ether oxygens (including phenoxy) is 2. The lowest BCUT2D eigenvalue weighted by atomic mass is 10.2. The summed E-state index contributed by atoms with van der Waals surface area (Å²) in [6.45, 7) is 0.314. The van der Waals surface area contributed by atoms with E-state index in [9.17, 15) is 5.11 Å². The fourth-order valence-electron chi connectivity index (χ4n) is 1.65. The molecule has 4 heteroatoms. The number of benzene rings is 1. The summed E-state index contributed by atoms with van der Waals surface area (Å²) in [5.74, 6) is 1.23. The van der Waals surface area contributed by atoms with E-state index in [1.54, 1.807) is 13.3 Å². The second-order valence-corrected chi connectivity index (χ2v) is 3.73. The third kappa shape index (κ3) is 2.78. The molecule has 4 nitrogen and oxygen atoms in total. The van der Waals surface area contributed by atoms with Gasteiger partial charge in [0.25, 0.3) is 0 Å². The zero-order valence-corrected chi connectivity index (χ0v) is 10.2. The Labute approximate surface area is 106 Å². The molecule has 0 aliphatic heterocycles. The molecule has 0 spiro atoms. The van der Waals surface area contributed by atoms with Crippen LogP contribution in [-0.4, -0.2) is 17.2 Å². The Balaban J connectivity index is 2.11. The molecule has 18 heavy (non-hydrogen) atoms. The number of nitrogens with zero attached hydrogens (tertiary/aromatic N) is 1. The summed E-state index contributed by atoms with van der Waals surface area (Å²) in [5, 5.41) is 9.20. The van der Waals surface area contributed by atoms with Crippen LogP contribution in [0.1, 0.15) is 11.1 Å². The molecule has 94 valence electrons. The van der Waals surface area contributed by atoms with Crippen molar-refractivity contribution in [3.63, 3.8) is 0 Å². The number of aliphatic hydroxyl groups is 1. The molecule has 0 fully saturated rings. The third-order valence-electron chi connectivity index (χ3n) is 2.57. The van der Waals surface area contributed by atoms with Gasteiger partial charge in [-0.15, -0.1) is 0 Å². The first-order valence-electron chi connectivity index (χ1n) is 5.64. The van der Waals surface area contributed by atoms with Crippen molar-refractivity contribution in [3.8, 4) is 11.6 Å². The van der Waals surface area contributed by atoms with Crippen molar-refractivity contribution in [1.82, 2.24) is 4.98 Å². The van der Waals surface area contributed by atoms with Crippen LogP contribution in [0.5, 0.6) is 11.6 Å². The zero-order chi connectivity index (χ0) is 12.8. The standard InChI is InChI=1S/C14H15NO3/c1-17-14-12(6-4-8-15-14)10-18-13-7-3-2-5-11(13)9-16/h2-8,16H,9-10H2,1H3. The molecular formula is C14H15NO3. The number of methoxy groups -OCH3 is 1. The summed E-state index contributed by atoms with van der Waals surface area (Å²) in [6.07, 6.45) is 1.67. The molecule has 0 saturated heterocycles. The molecule has 0 bridgehead atoms. The van der Waals surface area contributed by atoms with E-state index in [-0.39, 0.29) is 6.61 Å².